The van der Waals surface area contributed by atoms with E-state index >= 15 is 0 Å². The second-order valence-corrected chi connectivity index (χ2v) is 21.4. The molecule has 0 aromatic rings. The lowest BCUT2D eigenvalue weighted by Gasteiger charge is -2.58. The van der Waals surface area contributed by atoms with Gasteiger partial charge in [-0.1, -0.05) is 39.3 Å². The molecule has 3 saturated carbocycles. The first-order valence-corrected chi connectivity index (χ1v) is 23.6. The second kappa shape index (κ2) is 17.8. The van der Waals surface area contributed by atoms with Crippen molar-refractivity contribution in [2.45, 2.75) is 195 Å². The highest BCUT2D eigenvalue weighted by molar-refractivity contribution is 5.27. The van der Waals surface area contributed by atoms with Gasteiger partial charge in [0, 0.05) is 18.6 Å². The molecule has 0 aromatic heterocycles. The number of hydrogen-bond donors (Lipinski definition) is 11. The summed E-state index contributed by atoms with van der Waals surface area (Å²) in [4.78, 5) is 2.71. The molecule has 0 amide bonds. The van der Waals surface area contributed by atoms with E-state index in [1.165, 1.54) is 24.8 Å². The summed E-state index contributed by atoms with van der Waals surface area (Å²) in [6.45, 7) is 8.50. The van der Waals surface area contributed by atoms with Crippen molar-refractivity contribution >= 4 is 0 Å². The molecule has 0 radical (unpaired) electrons. The molecular weight excluding hydrogens is 826 g/mol. The molecule has 5 heterocycles. The summed E-state index contributed by atoms with van der Waals surface area (Å²) in [6.07, 6.45) is -15.1. The highest BCUT2D eigenvalue weighted by atomic mass is 16.8. The van der Waals surface area contributed by atoms with Crippen molar-refractivity contribution in [3.8, 4) is 0 Å². The Morgan fingerprint density at radius 3 is 1.97 bits per heavy atom. The number of aliphatic hydroxyl groups is 11. The van der Waals surface area contributed by atoms with Crippen LogP contribution in [0.4, 0.5) is 0 Å². The molecule has 27 atom stereocenters. The van der Waals surface area contributed by atoms with Gasteiger partial charge in [0.25, 0.3) is 0 Å². The third-order valence-electron chi connectivity index (χ3n) is 18.0. The topological polar surface area (TPSA) is 281 Å². The number of ether oxygens (including phenoxy) is 6. The summed E-state index contributed by atoms with van der Waals surface area (Å²) in [5, 5.41) is 117. The molecule has 5 aliphatic heterocycles. The maximum atomic E-state index is 11.5. The number of fused-ring (bicyclic) bond motifs is 9. The van der Waals surface area contributed by atoms with Gasteiger partial charge in [-0.05, 0) is 97.7 Å². The van der Waals surface area contributed by atoms with Gasteiger partial charge in [-0.3, -0.25) is 4.90 Å². The van der Waals surface area contributed by atoms with Crippen LogP contribution in [0, 0.1) is 46.3 Å². The molecule has 0 spiro atoms. The Morgan fingerprint density at radius 1 is 0.667 bits per heavy atom. The van der Waals surface area contributed by atoms with Crippen LogP contribution in [0.2, 0.25) is 0 Å². The Morgan fingerprint density at radius 2 is 1.27 bits per heavy atom. The molecule has 8 fully saturated rings. The number of aliphatic hydroxyl groups excluding tert-OH is 11. The molecular formula is C45H73NO17. The van der Waals surface area contributed by atoms with Crippen LogP contribution in [0.5, 0.6) is 0 Å². The standard InChI is InChI=1S/C45H73NO17/c1-18-11-26(50)31-19(2)30-25(46(31)14-18)13-24-22-6-5-20-12-21(7-9-44(20,3)23(22)8-10-45(24,30)4)58-41-38(57)36(55)39(29(17-49)61-41)62-43-40(35(54)33(52)28(16-48)60-43)63-42-37(56)34(53)32(51)27(15-47)59-42/h5,18-19,21-43,47-57H,6-17H2,1-4H3. The van der Waals surface area contributed by atoms with Crippen molar-refractivity contribution in [1.29, 1.82) is 0 Å². The van der Waals surface area contributed by atoms with Gasteiger partial charge in [0.05, 0.1) is 32.0 Å². The van der Waals surface area contributed by atoms with Crippen LogP contribution in [-0.4, -0.2) is 204 Å². The molecule has 360 valence electrons. The summed E-state index contributed by atoms with van der Waals surface area (Å²) in [5.74, 6) is 3.33. The average Bonchev–Trinajstić information content (AvgIpc) is 3.73. The van der Waals surface area contributed by atoms with Crippen molar-refractivity contribution in [3.05, 3.63) is 11.6 Å². The summed E-state index contributed by atoms with van der Waals surface area (Å²) in [7, 11) is 0. The zero-order chi connectivity index (χ0) is 45.0. The molecule has 11 N–H and O–H groups in total. The quantitative estimate of drug-likeness (QED) is 0.113. The van der Waals surface area contributed by atoms with Crippen molar-refractivity contribution in [1.82, 2.24) is 4.90 Å². The third kappa shape index (κ3) is 7.71. The number of allylic oxidation sites excluding steroid dienone is 1. The lowest BCUT2D eigenvalue weighted by atomic mass is 9.47. The lowest BCUT2D eigenvalue weighted by Crippen LogP contribution is -2.67. The van der Waals surface area contributed by atoms with Gasteiger partial charge in [-0.15, -0.1) is 0 Å². The van der Waals surface area contributed by atoms with Crippen LogP contribution in [0.15, 0.2) is 11.6 Å². The van der Waals surface area contributed by atoms with Crippen LogP contribution < -0.4 is 0 Å². The first kappa shape index (κ1) is 47.1. The SMILES string of the molecule is CC1CC(O)C2C(C)C3C(CC4C5CC=C6CC(OC7OC(CO)C(OC8OC(CO)C(O)C(O)C8OC8OC(CO)C(O)C(O)C8O)C(O)C7O)CCC6(C)C5CCC43C)N2C1. The first-order valence-electron chi connectivity index (χ1n) is 23.6. The Hall–Kier alpha value is -0.980. The molecule has 0 aromatic carbocycles. The van der Waals surface area contributed by atoms with Crippen molar-refractivity contribution in [2.24, 2.45) is 46.3 Å². The molecule has 0 bridgehead atoms. The second-order valence-electron chi connectivity index (χ2n) is 21.4. The molecule has 9 aliphatic rings. The lowest BCUT2D eigenvalue weighted by molar-refractivity contribution is -0.390. The number of rotatable bonds is 9. The molecule has 9 rings (SSSR count). The Bertz CT molecular complexity index is 1640. The molecule has 18 heteroatoms. The van der Waals surface area contributed by atoms with Crippen LogP contribution in [0.25, 0.3) is 0 Å². The molecule has 63 heavy (non-hydrogen) atoms. The van der Waals surface area contributed by atoms with E-state index in [0.29, 0.717) is 54.4 Å². The minimum atomic E-state index is -1.89. The fourth-order valence-corrected chi connectivity index (χ4v) is 15.0. The minimum Gasteiger partial charge on any atom is -0.394 e. The zero-order valence-electron chi connectivity index (χ0n) is 36.8. The zero-order valence-corrected chi connectivity index (χ0v) is 36.8. The fourth-order valence-electron chi connectivity index (χ4n) is 15.0. The van der Waals surface area contributed by atoms with Gasteiger partial charge >= 0.3 is 0 Å². The predicted octanol–water partition coefficient (Wildman–Crippen LogP) is -1.90. The monoisotopic (exact) mass is 899 g/mol. The highest BCUT2D eigenvalue weighted by Crippen LogP contribution is 2.70. The molecule has 4 aliphatic carbocycles. The highest BCUT2D eigenvalue weighted by Gasteiger charge is 2.67. The maximum absolute atomic E-state index is 11.5. The van der Waals surface area contributed by atoms with E-state index in [9.17, 15) is 56.2 Å². The Kier molecular flexibility index (Phi) is 13.3. The molecule has 27 unspecified atom stereocenters. The van der Waals surface area contributed by atoms with Gasteiger partial charge in [-0.2, -0.15) is 0 Å². The van der Waals surface area contributed by atoms with E-state index in [-0.39, 0.29) is 29.1 Å². The predicted molar refractivity (Wildman–Crippen MR) is 218 cm³/mol. The van der Waals surface area contributed by atoms with Crippen molar-refractivity contribution in [2.75, 3.05) is 26.4 Å². The molecule has 5 saturated heterocycles. The molecule has 18 nitrogen and oxygen atoms in total. The normalized spacial score (nSPS) is 57.1. The smallest absolute Gasteiger partial charge is 0.187 e. The van der Waals surface area contributed by atoms with E-state index in [4.69, 9.17) is 28.4 Å². The van der Waals surface area contributed by atoms with Crippen LogP contribution >= 0.6 is 0 Å². The largest absolute Gasteiger partial charge is 0.394 e. The number of piperidine rings is 1. The number of hydrogen-bond acceptors (Lipinski definition) is 18. The van der Waals surface area contributed by atoms with Gasteiger partial charge in [0.15, 0.2) is 18.9 Å². The average molecular weight is 900 g/mol. The summed E-state index contributed by atoms with van der Waals surface area (Å²) < 4.78 is 35.5. The van der Waals surface area contributed by atoms with Crippen LogP contribution in [0.3, 0.4) is 0 Å². The van der Waals surface area contributed by atoms with E-state index in [1.807, 2.05) is 0 Å². The third-order valence-corrected chi connectivity index (χ3v) is 18.0. The van der Waals surface area contributed by atoms with Crippen LogP contribution in [0.1, 0.15) is 79.1 Å². The number of nitrogens with zero attached hydrogens (tertiary/aromatic N) is 1. The van der Waals surface area contributed by atoms with Crippen molar-refractivity contribution < 1.29 is 84.6 Å². The van der Waals surface area contributed by atoms with Crippen molar-refractivity contribution in [3.63, 3.8) is 0 Å². The van der Waals surface area contributed by atoms with E-state index in [2.05, 4.69) is 38.7 Å². The Balaban J connectivity index is 0.858. The summed E-state index contributed by atoms with van der Waals surface area (Å²) in [5.41, 5.74) is 1.60. The van der Waals surface area contributed by atoms with Gasteiger partial charge in [-0.25, -0.2) is 0 Å². The summed E-state index contributed by atoms with van der Waals surface area (Å²) >= 11 is 0. The van der Waals surface area contributed by atoms with Gasteiger partial charge in [0.2, 0.25) is 0 Å². The maximum Gasteiger partial charge on any atom is 0.187 e. The van der Waals surface area contributed by atoms with E-state index in [0.717, 1.165) is 25.8 Å². The van der Waals surface area contributed by atoms with E-state index in [1.54, 1.807) is 0 Å². The van der Waals surface area contributed by atoms with Gasteiger partial charge < -0.3 is 84.6 Å². The van der Waals surface area contributed by atoms with Gasteiger partial charge in [0.1, 0.15) is 73.2 Å². The van der Waals surface area contributed by atoms with E-state index < -0.39 is 112 Å². The fraction of sp³-hybridized carbons (Fsp3) is 0.956. The minimum absolute atomic E-state index is 0.00268. The Labute approximate surface area is 368 Å². The first-order chi connectivity index (χ1) is 29.9. The summed E-state index contributed by atoms with van der Waals surface area (Å²) in [6, 6.07) is 0.799. The van der Waals surface area contributed by atoms with Crippen LogP contribution in [-0.2, 0) is 28.4 Å².